The van der Waals surface area contributed by atoms with Gasteiger partial charge in [-0.3, -0.25) is 0 Å². The van der Waals surface area contributed by atoms with Crippen molar-refractivity contribution >= 4 is 27.3 Å². The van der Waals surface area contributed by atoms with Crippen molar-refractivity contribution < 1.29 is 0 Å². The van der Waals surface area contributed by atoms with Crippen LogP contribution in [0.15, 0.2) is 15.9 Å². The number of halogens is 1. The standard InChI is InChI=1S/C11H16BrNS/c12-10-5-4-9(14-10)8-11(13)6-2-1-3-7-11/h4-5H,1-3,6-8,13H2. The van der Waals surface area contributed by atoms with E-state index in [0.717, 1.165) is 6.42 Å². The maximum absolute atomic E-state index is 6.39. The van der Waals surface area contributed by atoms with Crippen molar-refractivity contribution in [2.75, 3.05) is 0 Å². The molecule has 1 aromatic rings. The Morgan fingerprint density at radius 3 is 2.57 bits per heavy atom. The van der Waals surface area contributed by atoms with Crippen molar-refractivity contribution in [1.82, 2.24) is 0 Å². The second-order valence-electron chi connectivity index (χ2n) is 4.31. The first-order chi connectivity index (χ1) is 6.68. The molecule has 0 unspecified atom stereocenters. The van der Waals surface area contributed by atoms with Crippen molar-refractivity contribution in [1.29, 1.82) is 0 Å². The van der Waals surface area contributed by atoms with E-state index in [2.05, 4.69) is 28.1 Å². The van der Waals surface area contributed by atoms with Crippen LogP contribution >= 0.6 is 27.3 Å². The quantitative estimate of drug-likeness (QED) is 0.874. The summed E-state index contributed by atoms with van der Waals surface area (Å²) in [6.45, 7) is 0. The van der Waals surface area contributed by atoms with E-state index < -0.39 is 0 Å². The summed E-state index contributed by atoms with van der Waals surface area (Å²) in [6, 6.07) is 4.31. The zero-order valence-electron chi connectivity index (χ0n) is 8.26. The van der Waals surface area contributed by atoms with Crippen molar-refractivity contribution in [2.24, 2.45) is 5.73 Å². The normalized spacial score (nSPS) is 21.0. The first kappa shape index (κ1) is 10.7. The fraction of sp³-hybridized carbons (Fsp3) is 0.636. The van der Waals surface area contributed by atoms with Crippen molar-refractivity contribution in [3.05, 3.63) is 20.8 Å². The van der Waals surface area contributed by atoms with Gasteiger partial charge < -0.3 is 5.73 Å². The van der Waals surface area contributed by atoms with Gasteiger partial charge in [-0.1, -0.05) is 19.3 Å². The van der Waals surface area contributed by atoms with Gasteiger partial charge in [0.1, 0.15) is 0 Å². The van der Waals surface area contributed by atoms with Crippen molar-refractivity contribution in [3.8, 4) is 0 Å². The van der Waals surface area contributed by atoms with Crippen LogP contribution in [0.1, 0.15) is 37.0 Å². The molecule has 1 nitrogen and oxygen atoms in total. The van der Waals surface area contributed by atoms with Gasteiger partial charge in [0.15, 0.2) is 0 Å². The van der Waals surface area contributed by atoms with E-state index in [1.807, 2.05) is 11.3 Å². The number of thiophene rings is 1. The smallest absolute Gasteiger partial charge is 0.0701 e. The van der Waals surface area contributed by atoms with Crippen LogP contribution in [0.5, 0.6) is 0 Å². The molecule has 0 amide bonds. The molecule has 0 atom stereocenters. The molecule has 2 N–H and O–H groups in total. The predicted molar refractivity (Wildman–Crippen MR) is 65.7 cm³/mol. The average molecular weight is 274 g/mol. The van der Waals surface area contributed by atoms with E-state index in [1.165, 1.54) is 40.8 Å². The van der Waals surface area contributed by atoms with E-state index in [4.69, 9.17) is 5.73 Å². The molecule has 1 aromatic heterocycles. The third-order valence-corrected chi connectivity index (χ3v) is 4.63. The minimum Gasteiger partial charge on any atom is -0.325 e. The lowest BCUT2D eigenvalue weighted by molar-refractivity contribution is 0.295. The van der Waals surface area contributed by atoms with E-state index >= 15 is 0 Å². The van der Waals surface area contributed by atoms with Gasteiger partial charge in [0, 0.05) is 10.4 Å². The second kappa shape index (κ2) is 4.33. The molecule has 2 rings (SSSR count). The number of hydrogen-bond donors (Lipinski definition) is 1. The fourth-order valence-corrected chi connectivity index (χ4v) is 3.86. The molecule has 1 aliphatic rings. The molecule has 78 valence electrons. The van der Waals surface area contributed by atoms with Gasteiger partial charge in [-0.15, -0.1) is 11.3 Å². The van der Waals surface area contributed by atoms with E-state index in [0.29, 0.717) is 0 Å². The molecule has 0 saturated heterocycles. The fourth-order valence-electron chi connectivity index (χ4n) is 2.23. The van der Waals surface area contributed by atoms with Crippen LogP contribution in [-0.4, -0.2) is 5.54 Å². The summed E-state index contributed by atoms with van der Waals surface area (Å²) >= 11 is 5.31. The van der Waals surface area contributed by atoms with E-state index in [-0.39, 0.29) is 5.54 Å². The molecule has 0 aliphatic heterocycles. The summed E-state index contributed by atoms with van der Waals surface area (Å²) in [5, 5.41) is 0. The highest BCUT2D eigenvalue weighted by atomic mass is 79.9. The molecule has 1 fully saturated rings. The molecule has 0 aromatic carbocycles. The van der Waals surface area contributed by atoms with Gasteiger partial charge in [-0.2, -0.15) is 0 Å². The summed E-state index contributed by atoms with van der Waals surface area (Å²) < 4.78 is 1.21. The minimum absolute atomic E-state index is 0.0859. The maximum Gasteiger partial charge on any atom is 0.0701 e. The highest BCUT2D eigenvalue weighted by molar-refractivity contribution is 9.11. The third kappa shape index (κ3) is 2.59. The van der Waals surface area contributed by atoms with Gasteiger partial charge in [-0.05, 0) is 47.3 Å². The topological polar surface area (TPSA) is 26.0 Å². The van der Waals surface area contributed by atoms with Crippen molar-refractivity contribution in [3.63, 3.8) is 0 Å². The Labute approximate surface area is 97.8 Å². The molecular formula is C11H16BrNS. The van der Waals surface area contributed by atoms with E-state index in [9.17, 15) is 0 Å². The minimum atomic E-state index is 0.0859. The SMILES string of the molecule is NC1(Cc2ccc(Br)s2)CCCCC1. The lowest BCUT2D eigenvalue weighted by atomic mass is 9.80. The zero-order chi connectivity index (χ0) is 10.0. The Kier molecular flexibility index (Phi) is 3.30. The molecule has 0 bridgehead atoms. The van der Waals surface area contributed by atoms with Gasteiger partial charge in [0.25, 0.3) is 0 Å². The summed E-state index contributed by atoms with van der Waals surface area (Å²) in [6.07, 6.45) is 7.44. The largest absolute Gasteiger partial charge is 0.325 e. The first-order valence-electron chi connectivity index (χ1n) is 5.21. The Balaban J connectivity index is 2.01. The Morgan fingerprint density at radius 2 is 2.00 bits per heavy atom. The predicted octanol–water partition coefficient (Wildman–Crippen LogP) is 3.71. The highest BCUT2D eigenvalue weighted by Crippen LogP contribution is 2.32. The summed E-state index contributed by atoms with van der Waals surface area (Å²) in [7, 11) is 0. The van der Waals surface area contributed by atoms with Crippen LogP contribution in [0.25, 0.3) is 0 Å². The Bertz CT molecular complexity index is 302. The summed E-state index contributed by atoms with van der Waals surface area (Å²) in [5.74, 6) is 0. The number of hydrogen-bond acceptors (Lipinski definition) is 2. The zero-order valence-corrected chi connectivity index (χ0v) is 10.7. The molecule has 1 aliphatic carbocycles. The second-order valence-corrected chi connectivity index (χ2v) is 6.85. The van der Waals surface area contributed by atoms with E-state index in [1.54, 1.807) is 0 Å². The molecule has 0 radical (unpaired) electrons. The lowest BCUT2D eigenvalue weighted by Gasteiger charge is -2.33. The molecule has 0 spiro atoms. The van der Waals surface area contributed by atoms with Gasteiger partial charge in [0.2, 0.25) is 0 Å². The lowest BCUT2D eigenvalue weighted by Crippen LogP contribution is -2.43. The molecule has 3 heteroatoms. The van der Waals surface area contributed by atoms with Gasteiger partial charge in [0.05, 0.1) is 3.79 Å². The molecule has 14 heavy (non-hydrogen) atoms. The monoisotopic (exact) mass is 273 g/mol. The van der Waals surface area contributed by atoms with Crippen LogP contribution in [0.4, 0.5) is 0 Å². The Hall–Kier alpha value is 0.140. The van der Waals surface area contributed by atoms with Gasteiger partial charge in [-0.25, -0.2) is 0 Å². The number of nitrogens with two attached hydrogens (primary N) is 1. The highest BCUT2D eigenvalue weighted by Gasteiger charge is 2.27. The molecular weight excluding hydrogens is 258 g/mol. The van der Waals surface area contributed by atoms with Crippen LogP contribution in [0.3, 0.4) is 0 Å². The molecule has 1 saturated carbocycles. The number of rotatable bonds is 2. The first-order valence-corrected chi connectivity index (χ1v) is 6.82. The average Bonchev–Trinajstić information content (AvgIpc) is 2.51. The van der Waals surface area contributed by atoms with Crippen LogP contribution in [-0.2, 0) is 6.42 Å². The van der Waals surface area contributed by atoms with Crippen LogP contribution < -0.4 is 5.73 Å². The summed E-state index contributed by atoms with van der Waals surface area (Å²) in [4.78, 5) is 1.42. The summed E-state index contributed by atoms with van der Waals surface area (Å²) in [5.41, 5.74) is 6.48. The molecule has 1 heterocycles. The van der Waals surface area contributed by atoms with Crippen LogP contribution in [0.2, 0.25) is 0 Å². The third-order valence-electron chi connectivity index (χ3n) is 3.00. The van der Waals surface area contributed by atoms with Crippen molar-refractivity contribution in [2.45, 2.75) is 44.1 Å². The Morgan fingerprint density at radius 1 is 1.29 bits per heavy atom. The maximum atomic E-state index is 6.39. The van der Waals surface area contributed by atoms with Crippen LogP contribution in [0, 0.1) is 0 Å². The van der Waals surface area contributed by atoms with Gasteiger partial charge >= 0.3 is 0 Å².